The van der Waals surface area contributed by atoms with Crippen LogP contribution in [0.3, 0.4) is 0 Å². The highest BCUT2D eigenvalue weighted by Crippen LogP contribution is 2.42. The zero-order valence-electron chi connectivity index (χ0n) is 28.9. The van der Waals surface area contributed by atoms with Crippen LogP contribution in [0.5, 0.6) is 0 Å². The second-order valence-electron chi connectivity index (χ2n) is 11.9. The standard InChI is InChI=1S/C17H15F6N4O10P.C9H13N2O9P/c1-25-4-5-26(7-25)38(32,33)34-6-8-10(36-13(29)16(18,19)20)11(37-14(30)17(21,22)23)12(35-8)27-3-2-9(28)24-15(27)31;12-5-1-2-11(9(15)10-5)8-7(14)6(13)4(20-8)3-19-21(16,17)18/h2-5,7-8,10-12H,6H2,1H3,(H-,24,28,31,32,33);1-2,4,6-8,13-14H,3H2,(H,10,12,15)(H2,16,17,18)/p-1/t8-,10+,11?,12-;4-,6+,7?,8-/m11/s1. The normalized spacial score (nSPS) is 26.6. The first-order valence-electron chi connectivity index (χ1n) is 15.6. The highest BCUT2D eigenvalue weighted by molar-refractivity contribution is 7.49. The van der Waals surface area contributed by atoms with Crippen molar-refractivity contribution in [2.24, 2.45) is 7.05 Å². The van der Waals surface area contributed by atoms with Crippen molar-refractivity contribution < 1.29 is 103 Å². The number of nitrogens with one attached hydrogen (secondary N) is 2. The fourth-order valence-electron chi connectivity index (χ4n) is 5.05. The summed E-state index contributed by atoms with van der Waals surface area (Å²) in [5.74, 6) is -5.95. The Morgan fingerprint density at radius 1 is 0.797 bits per heavy atom. The van der Waals surface area contributed by atoms with Gasteiger partial charge in [-0.1, -0.05) is 0 Å². The summed E-state index contributed by atoms with van der Waals surface area (Å²) < 4.78 is 131. The van der Waals surface area contributed by atoms with E-state index >= 15 is 0 Å². The van der Waals surface area contributed by atoms with Gasteiger partial charge >= 0.3 is 43.4 Å². The van der Waals surface area contributed by atoms with Crippen molar-refractivity contribution in [3.05, 3.63) is 84.9 Å². The van der Waals surface area contributed by atoms with Crippen molar-refractivity contribution in [2.75, 3.05) is 13.2 Å². The van der Waals surface area contributed by atoms with Gasteiger partial charge in [-0.25, -0.2) is 23.7 Å². The van der Waals surface area contributed by atoms with Crippen LogP contribution in [-0.2, 0) is 53.8 Å². The molecule has 0 bridgehead atoms. The van der Waals surface area contributed by atoms with Crippen LogP contribution < -0.4 is 36.9 Å². The van der Waals surface area contributed by atoms with E-state index in [9.17, 15) is 84.2 Å². The summed E-state index contributed by atoms with van der Waals surface area (Å²) >= 11 is 0. The molecule has 0 spiro atoms. The second kappa shape index (κ2) is 17.8. The molecular formula is C26H27F6N6O19P2-. The van der Waals surface area contributed by atoms with Gasteiger partial charge in [0.1, 0.15) is 36.8 Å². The molecule has 3 aromatic heterocycles. The van der Waals surface area contributed by atoms with Crippen LogP contribution in [0, 0.1) is 0 Å². The number of aromatic amines is 2. The number of rotatable bonds is 11. The Hall–Kier alpha value is -4.81. The van der Waals surface area contributed by atoms with Crippen LogP contribution in [0.4, 0.5) is 26.3 Å². The highest BCUT2D eigenvalue weighted by atomic mass is 31.2. The van der Waals surface area contributed by atoms with Crippen LogP contribution >= 0.6 is 15.6 Å². The fourth-order valence-corrected chi connectivity index (χ4v) is 6.37. The van der Waals surface area contributed by atoms with E-state index < -0.39 is 125 Å². The number of imidazole rings is 1. The number of aryl methyl sites for hydroxylation is 1. The third kappa shape index (κ3) is 11.9. The predicted octanol–water partition coefficient (Wildman–Crippen LogP) is -4.33. The second-order valence-corrected chi connectivity index (χ2v) is 14.7. The van der Waals surface area contributed by atoms with Gasteiger partial charge in [0.25, 0.3) is 18.9 Å². The van der Waals surface area contributed by atoms with Crippen molar-refractivity contribution >= 4 is 27.5 Å². The first-order valence-corrected chi connectivity index (χ1v) is 18.6. The van der Waals surface area contributed by atoms with Gasteiger partial charge in [-0.2, -0.15) is 30.7 Å². The van der Waals surface area contributed by atoms with E-state index in [1.165, 1.54) is 17.8 Å². The Morgan fingerprint density at radius 2 is 1.27 bits per heavy atom. The maximum absolute atomic E-state index is 12.9. The number of aliphatic hydroxyl groups is 2. The van der Waals surface area contributed by atoms with Crippen molar-refractivity contribution in [3.63, 3.8) is 0 Å². The first-order chi connectivity index (χ1) is 27.1. The maximum atomic E-state index is 12.9. The minimum atomic E-state index is -5.71. The van der Waals surface area contributed by atoms with Gasteiger partial charge in [0.2, 0.25) is 6.33 Å². The Balaban J connectivity index is 0.000000308. The zero-order valence-corrected chi connectivity index (χ0v) is 30.7. The number of esters is 2. The SMILES string of the molecule is C[n+]1ccn(P(=O)([O-])OC[C@H]2O[C@@H](n3ccc(=O)[nH]c3=O)C(OC(=O)C(F)(F)F)[C@H]2OC(=O)C(F)(F)F)c1.O=c1ccn([C@@H]2O[C@H](COP(=O)([O-])O)[C@H](O)C2O)c(=O)[nH]1. The largest absolute Gasteiger partial charge is 0.756 e. The number of phosphoric ester groups is 1. The molecule has 5 heterocycles. The number of ether oxygens (including phenoxy) is 4. The molecular weight excluding hydrogens is 876 g/mol. The van der Waals surface area contributed by atoms with Crippen molar-refractivity contribution in [2.45, 2.75) is 61.4 Å². The molecule has 2 saturated heterocycles. The lowest BCUT2D eigenvalue weighted by atomic mass is 10.1. The third-order valence-electron chi connectivity index (χ3n) is 7.66. The molecule has 5 N–H and O–H groups in total. The van der Waals surface area contributed by atoms with Crippen molar-refractivity contribution in [1.29, 1.82) is 0 Å². The number of aromatic nitrogens is 6. The number of H-pyrrole nitrogens is 2. The highest BCUT2D eigenvalue weighted by Gasteiger charge is 2.56. The van der Waals surface area contributed by atoms with E-state index in [0.717, 1.165) is 29.4 Å². The van der Waals surface area contributed by atoms with Crippen LogP contribution in [-0.4, -0.2) is 113 Å². The molecule has 0 amide bonds. The smallest absolute Gasteiger partial charge is 0.490 e. The fraction of sp³-hybridized carbons (Fsp3) is 0.500. The van der Waals surface area contributed by atoms with E-state index in [-0.39, 0.29) is 0 Å². The molecule has 5 rings (SSSR count). The van der Waals surface area contributed by atoms with E-state index in [4.69, 9.17) is 18.9 Å². The lowest BCUT2D eigenvalue weighted by molar-refractivity contribution is -0.670. The number of nitrogens with zero attached hydrogens (tertiary/aromatic N) is 4. The van der Waals surface area contributed by atoms with E-state index in [0.29, 0.717) is 21.2 Å². The minimum Gasteiger partial charge on any atom is -0.756 e. The average molecular weight is 903 g/mol. The van der Waals surface area contributed by atoms with Crippen molar-refractivity contribution in [3.8, 4) is 0 Å². The average Bonchev–Trinajstić information content (AvgIpc) is 3.78. The number of aliphatic hydroxyl groups excluding tert-OH is 2. The molecule has 2 aliphatic heterocycles. The summed E-state index contributed by atoms with van der Waals surface area (Å²) in [5, 5.41) is 19.5. The first kappa shape index (κ1) is 46.9. The summed E-state index contributed by atoms with van der Waals surface area (Å²) in [5.41, 5.74) is -3.92. The summed E-state index contributed by atoms with van der Waals surface area (Å²) in [6, 6.07) is 1.67. The molecule has 59 heavy (non-hydrogen) atoms. The molecule has 33 heteroatoms. The van der Waals surface area contributed by atoms with Crippen LogP contribution in [0.25, 0.3) is 0 Å². The van der Waals surface area contributed by atoms with Gasteiger partial charge in [-0.05, 0) is 0 Å². The van der Waals surface area contributed by atoms with Gasteiger partial charge in [0.05, 0.1) is 20.3 Å². The number of alkyl halides is 6. The lowest BCUT2D eigenvalue weighted by Crippen LogP contribution is -2.46. The summed E-state index contributed by atoms with van der Waals surface area (Å²) in [7, 11) is -8.64. The lowest BCUT2D eigenvalue weighted by Gasteiger charge is -2.26. The molecule has 2 fully saturated rings. The number of phosphoric acid groups is 1. The Morgan fingerprint density at radius 3 is 1.73 bits per heavy atom. The maximum Gasteiger partial charge on any atom is 0.490 e. The molecule has 2 aliphatic rings. The van der Waals surface area contributed by atoms with Gasteiger partial charge < -0.3 is 52.9 Å². The molecule has 3 aromatic rings. The van der Waals surface area contributed by atoms with E-state index in [2.05, 4.69) is 14.0 Å². The summed E-state index contributed by atoms with van der Waals surface area (Å²) in [4.78, 5) is 104. The Labute approximate surface area is 320 Å². The minimum absolute atomic E-state index is 0.312. The molecule has 10 atom stereocenters. The molecule has 4 unspecified atom stereocenters. The molecule has 0 radical (unpaired) electrons. The number of hydrogen-bond acceptors (Lipinski definition) is 18. The molecule has 0 saturated carbocycles. The van der Waals surface area contributed by atoms with Crippen LogP contribution in [0.1, 0.15) is 12.5 Å². The number of halogens is 6. The van der Waals surface area contributed by atoms with E-state index in [1.54, 1.807) is 4.98 Å². The summed E-state index contributed by atoms with van der Waals surface area (Å²) in [6.45, 7) is -2.03. The quantitative estimate of drug-likeness (QED) is 0.0526. The van der Waals surface area contributed by atoms with Crippen molar-refractivity contribution in [1.82, 2.24) is 23.4 Å². The predicted molar refractivity (Wildman–Crippen MR) is 165 cm³/mol. The van der Waals surface area contributed by atoms with Gasteiger partial charge in [0.15, 0.2) is 24.7 Å². The monoisotopic (exact) mass is 903 g/mol. The Kier molecular flexibility index (Phi) is 14.2. The van der Waals surface area contributed by atoms with Crippen LogP contribution in [0.15, 0.2) is 62.4 Å². The molecule has 0 aliphatic carbocycles. The van der Waals surface area contributed by atoms with Gasteiger partial charge in [-0.15, -0.1) is 0 Å². The molecule has 0 aromatic carbocycles. The molecule has 328 valence electrons. The van der Waals surface area contributed by atoms with Crippen LogP contribution in [0.2, 0.25) is 0 Å². The number of hydrogen-bond donors (Lipinski definition) is 5. The van der Waals surface area contributed by atoms with E-state index in [1.807, 2.05) is 4.98 Å². The number of carbonyl (C=O) groups is 2. The third-order valence-corrected chi connectivity index (χ3v) is 9.42. The summed E-state index contributed by atoms with van der Waals surface area (Å²) in [6.07, 6.45) is -21.8. The van der Waals surface area contributed by atoms with Gasteiger partial charge in [-0.3, -0.25) is 37.8 Å². The topological polar surface area (TPSA) is 349 Å². The van der Waals surface area contributed by atoms with Gasteiger partial charge in [0, 0.05) is 24.5 Å². The molecule has 25 nitrogen and oxygen atoms in total. The number of carbonyl (C=O) groups excluding carboxylic acids is 2. The Bertz CT molecular complexity index is 2340. The zero-order chi connectivity index (χ0) is 44.4.